The van der Waals surface area contributed by atoms with E-state index in [-0.39, 0.29) is 19.1 Å². The highest BCUT2D eigenvalue weighted by molar-refractivity contribution is 7.45. The van der Waals surface area contributed by atoms with Crippen LogP contribution in [0.1, 0.15) is 380 Å². The van der Waals surface area contributed by atoms with Crippen LogP contribution in [0.3, 0.4) is 0 Å². The monoisotopic (exact) mass is 1240 g/mol. The standard InChI is InChI=1S/C78H149N2O6P/c1-6-8-10-12-14-16-18-20-22-24-26-28-30-32-34-35-36-37-38-39-40-41-42-43-44-45-46-48-50-52-54-56-58-60-62-64-66-68-70-72-78(82)79-76(75-86-87(83,84)85-74-73-80(3,4)5)77(81)71-69-67-65-63-61-59-57-55-53-51-49-47-33-31-29-27-25-23-21-19-17-15-13-11-9-7-2/h8,10,14,16,20,22,26,28,69,71,76-77,81H,6-7,9,11-13,15,17-19,21,23-25,27,29-68,70,72-75H2,1-5H3,(H-,79,82,83,84)/b10-8-,16-14-,22-20-,28-26-,71-69+. The zero-order valence-electron chi connectivity index (χ0n) is 58.7. The number of amides is 1. The number of hydrogen-bond acceptors (Lipinski definition) is 6. The van der Waals surface area contributed by atoms with Gasteiger partial charge in [-0.15, -0.1) is 0 Å². The second kappa shape index (κ2) is 68.6. The predicted octanol–water partition coefficient (Wildman–Crippen LogP) is 24.1. The van der Waals surface area contributed by atoms with E-state index in [1.165, 1.54) is 295 Å². The third kappa shape index (κ3) is 71.5. The minimum atomic E-state index is -4.60. The number of allylic oxidation sites excluding steroid dienone is 9. The van der Waals surface area contributed by atoms with Crippen LogP contribution < -0.4 is 10.2 Å². The van der Waals surface area contributed by atoms with Crippen LogP contribution in [-0.4, -0.2) is 68.5 Å². The smallest absolute Gasteiger partial charge is 0.268 e. The summed E-state index contributed by atoms with van der Waals surface area (Å²) in [6.45, 7) is 4.59. The number of hydrogen-bond donors (Lipinski definition) is 2. The second-order valence-electron chi connectivity index (χ2n) is 27.3. The summed E-state index contributed by atoms with van der Waals surface area (Å²) >= 11 is 0. The Morgan fingerprint density at radius 2 is 0.701 bits per heavy atom. The minimum absolute atomic E-state index is 0.000801. The molecule has 0 aromatic carbocycles. The molecule has 9 heteroatoms. The van der Waals surface area contributed by atoms with Crippen molar-refractivity contribution in [3.05, 3.63) is 60.8 Å². The molecule has 0 aliphatic rings. The minimum Gasteiger partial charge on any atom is -0.756 e. The number of phosphoric acid groups is 1. The van der Waals surface area contributed by atoms with E-state index in [0.717, 1.165) is 64.2 Å². The van der Waals surface area contributed by atoms with Crippen molar-refractivity contribution in [2.75, 3.05) is 40.9 Å². The number of nitrogens with one attached hydrogen (secondary N) is 1. The molecule has 0 saturated carbocycles. The van der Waals surface area contributed by atoms with Crippen LogP contribution in [0.5, 0.6) is 0 Å². The zero-order valence-corrected chi connectivity index (χ0v) is 59.6. The number of nitrogens with zero attached hydrogens (tertiary/aromatic N) is 1. The molecule has 512 valence electrons. The van der Waals surface area contributed by atoms with Crippen LogP contribution in [0.25, 0.3) is 0 Å². The Bertz CT molecular complexity index is 1600. The lowest BCUT2D eigenvalue weighted by atomic mass is 10.0. The van der Waals surface area contributed by atoms with Crippen molar-refractivity contribution < 1.29 is 32.9 Å². The van der Waals surface area contributed by atoms with Gasteiger partial charge in [0.25, 0.3) is 7.82 Å². The van der Waals surface area contributed by atoms with E-state index in [1.807, 2.05) is 27.2 Å². The number of unbranched alkanes of at least 4 members (excludes halogenated alkanes) is 50. The van der Waals surface area contributed by atoms with Crippen molar-refractivity contribution in [1.29, 1.82) is 0 Å². The molecule has 0 bridgehead atoms. The molecule has 0 fully saturated rings. The van der Waals surface area contributed by atoms with E-state index in [2.05, 4.69) is 67.8 Å². The number of phosphoric ester groups is 1. The van der Waals surface area contributed by atoms with E-state index < -0.39 is 20.0 Å². The van der Waals surface area contributed by atoms with Gasteiger partial charge in [-0.25, -0.2) is 0 Å². The van der Waals surface area contributed by atoms with Crippen LogP contribution in [0.4, 0.5) is 0 Å². The third-order valence-corrected chi connectivity index (χ3v) is 18.4. The Morgan fingerprint density at radius 3 is 1.02 bits per heavy atom. The summed E-state index contributed by atoms with van der Waals surface area (Å²) in [5, 5.41) is 14.0. The van der Waals surface area contributed by atoms with Gasteiger partial charge < -0.3 is 28.8 Å². The molecule has 0 aromatic heterocycles. The van der Waals surface area contributed by atoms with Crippen molar-refractivity contribution in [1.82, 2.24) is 5.32 Å². The van der Waals surface area contributed by atoms with Gasteiger partial charge in [0.1, 0.15) is 13.2 Å². The molecular formula is C78H149N2O6P. The Morgan fingerprint density at radius 1 is 0.414 bits per heavy atom. The fourth-order valence-electron chi connectivity index (χ4n) is 11.6. The van der Waals surface area contributed by atoms with Crippen LogP contribution in [0, 0.1) is 0 Å². The van der Waals surface area contributed by atoms with Crippen molar-refractivity contribution in [2.45, 2.75) is 392 Å². The zero-order chi connectivity index (χ0) is 63.4. The number of aliphatic hydroxyl groups excluding tert-OH is 1. The molecule has 87 heavy (non-hydrogen) atoms. The van der Waals surface area contributed by atoms with Gasteiger partial charge in [-0.05, 0) is 57.8 Å². The maximum atomic E-state index is 13.1. The van der Waals surface area contributed by atoms with Crippen LogP contribution >= 0.6 is 7.82 Å². The highest BCUT2D eigenvalue weighted by Gasteiger charge is 2.23. The fraction of sp³-hybridized carbons (Fsp3) is 0.859. The molecule has 8 nitrogen and oxygen atoms in total. The molecule has 0 aliphatic heterocycles. The highest BCUT2D eigenvalue weighted by Crippen LogP contribution is 2.38. The first-order valence-corrected chi connectivity index (χ1v) is 39.6. The van der Waals surface area contributed by atoms with E-state index >= 15 is 0 Å². The van der Waals surface area contributed by atoms with E-state index in [4.69, 9.17) is 9.05 Å². The Kier molecular flexibility index (Phi) is 67.1. The molecule has 0 aliphatic carbocycles. The topological polar surface area (TPSA) is 108 Å². The SMILES string of the molecule is CC/C=C\C/C=C\C/C=C\C/C=C\CCCCCCCCCCCCCCCCCCCCCCCCCCCCC(=O)NC(COP(=O)([O-])OCC[N+](C)(C)C)C(O)/C=C/CCCCCCCCCCCCCCCCCCCCCCCCCC. The Labute approximate surface area is 542 Å². The summed E-state index contributed by atoms with van der Waals surface area (Å²) in [6.07, 6.45) is 95.2. The number of carbonyl (C=O) groups is 1. The first-order chi connectivity index (χ1) is 42.5. The molecular weight excluding hydrogens is 1090 g/mol. The van der Waals surface area contributed by atoms with Gasteiger partial charge in [-0.1, -0.05) is 376 Å². The molecule has 0 heterocycles. The van der Waals surface area contributed by atoms with Crippen LogP contribution in [0.15, 0.2) is 60.8 Å². The molecule has 0 radical (unpaired) electrons. The van der Waals surface area contributed by atoms with Gasteiger partial charge in [0.05, 0.1) is 39.9 Å². The number of aliphatic hydroxyl groups is 1. The lowest BCUT2D eigenvalue weighted by Crippen LogP contribution is -2.45. The summed E-state index contributed by atoms with van der Waals surface area (Å²) in [7, 11) is 1.28. The van der Waals surface area contributed by atoms with E-state index in [1.54, 1.807) is 6.08 Å². The van der Waals surface area contributed by atoms with Gasteiger partial charge in [0, 0.05) is 6.42 Å². The number of likely N-dealkylation sites (N-methyl/N-ethyl adjacent to an activating group) is 1. The van der Waals surface area contributed by atoms with Crippen LogP contribution in [0.2, 0.25) is 0 Å². The predicted molar refractivity (Wildman–Crippen MR) is 381 cm³/mol. The molecule has 3 unspecified atom stereocenters. The third-order valence-electron chi connectivity index (χ3n) is 17.5. The van der Waals surface area contributed by atoms with Gasteiger partial charge in [-0.2, -0.15) is 0 Å². The molecule has 2 N–H and O–H groups in total. The van der Waals surface area contributed by atoms with Crippen LogP contribution in [-0.2, 0) is 18.4 Å². The normalized spacial score (nSPS) is 13.9. The number of quaternary nitrogens is 1. The van der Waals surface area contributed by atoms with Crippen molar-refractivity contribution >= 4 is 13.7 Å². The molecule has 1 amide bonds. The molecule has 0 rings (SSSR count). The number of rotatable bonds is 71. The summed E-state index contributed by atoms with van der Waals surface area (Å²) in [4.78, 5) is 25.7. The summed E-state index contributed by atoms with van der Waals surface area (Å²) in [5.74, 6) is -0.189. The maximum absolute atomic E-state index is 13.1. The van der Waals surface area contributed by atoms with E-state index in [0.29, 0.717) is 17.4 Å². The maximum Gasteiger partial charge on any atom is 0.268 e. The van der Waals surface area contributed by atoms with Gasteiger partial charge in [0.2, 0.25) is 5.91 Å². The summed E-state index contributed by atoms with van der Waals surface area (Å²) in [6, 6.07) is -0.887. The van der Waals surface area contributed by atoms with Gasteiger partial charge in [-0.3, -0.25) is 9.36 Å². The fourth-order valence-corrected chi connectivity index (χ4v) is 12.3. The first-order valence-electron chi connectivity index (χ1n) is 38.2. The number of carbonyl (C=O) groups excluding carboxylic acids is 1. The molecule has 0 aromatic rings. The molecule has 3 atom stereocenters. The molecule has 0 saturated heterocycles. The largest absolute Gasteiger partial charge is 0.756 e. The average Bonchev–Trinajstić information content (AvgIpc) is 3.69. The first kappa shape index (κ1) is 85.2. The summed E-state index contributed by atoms with van der Waals surface area (Å²) in [5.41, 5.74) is 0. The highest BCUT2D eigenvalue weighted by atomic mass is 31.2. The average molecular weight is 1240 g/mol. The van der Waals surface area contributed by atoms with Crippen molar-refractivity contribution in [3.8, 4) is 0 Å². The van der Waals surface area contributed by atoms with E-state index in [9.17, 15) is 19.4 Å². The van der Waals surface area contributed by atoms with Crippen molar-refractivity contribution in [2.24, 2.45) is 0 Å². The summed E-state index contributed by atoms with van der Waals surface area (Å²) < 4.78 is 23.5. The van der Waals surface area contributed by atoms with Gasteiger partial charge >= 0.3 is 0 Å². The lowest BCUT2D eigenvalue weighted by molar-refractivity contribution is -0.870. The van der Waals surface area contributed by atoms with Gasteiger partial charge in [0.15, 0.2) is 0 Å². The molecule has 0 spiro atoms. The van der Waals surface area contributed by atoms with Crippen molar-refractivity contribution in [3.63, 3.8) is 0 Å². The lowest BCUT2D eigenvalue weighted by Gasteiger charge is -2.29. The quantitative estimate of drug-likeness (QED) is 0.0272. The Balaban J connectivity index is 3.94. The Hall–Kier alpha value is -1.80. The second-order valence-corrected chi connectivity index (χ2v) is 28.7.